The summed E-state index contributed by atoms with van der Waals surface area (Å²) in [7, 11) is 0. The topological polar surface area (TPSA) is 68.1 Å². The number of benzene rings is 1. The zero-order valence-electron chi connectivity index (χ0n) is 10.6. The number of hydrogen-bond acceptors (Lipinski definition) is 4. The van der Waals surface area contributed by atoms with E-state index in [0.717, 1.165) is 10.9 Å². The first-order valence-electron chi connectivity index (χ1n) is 5.69. The minimum atomic E-state index is -0.409. The summed E-state index contributed by atoms with van der Waals surface area (Å²) >= 11 is 0. The van der Waals surface area contributed by atoms with Crippen LogP contribution in [0.1, 0.15) is 20.8 Å². The molecule has 18 heavy (non-hydrogen) atoms. The molecule has 94 valence electrons. The zero-order valence-corrected chi connectivity index (χ0v) is 10.6. The summed E-state index contributed by atoms with van der Waals surface area (Å²) in [6, 6.07) is 7.39. The standard InChI is InChI=1S/C13H15N3O2/c1-13(2,3)15-12-9-6-4-5-7-10(9)14-8-11(12)16(17)18/h4-8H,1-3H3,(H,14,15). The minimum Gasteiger partial charge on any atom is -0.374 e. The number of hydrogen-bond donors (Lipinski definition) is 1. The fourth-order valence-corrected chi connectivity index (χ4v) is 1.78. The molecule has 0 unspecified atom stereocenters. The lowest BCUT2D eigenvalue weighted by atomic mass is 10.1. The van der Waals surface area contributed by atoms with Gasteiger partial charge in [-0.2, -0.15) is 0 Å². The highest BCUT2D eigenvalue weighted by Crippen LogP contribution is 2.33. The molecule has 1 heterocycles. The van der Waals surface area contributed by atoms with Crippen molar-refractivity contribution >= 4 is 22.3 Å². The van der Waals surface area contributed by atoms with Crippen molar-refractivity contribution in [1.82, 2.24) is 4.98 Å². The van der Waals surface area contributed by atoms with Gasteiger partial charge in [0.2, 0.25) is 0 Å². The fourth-order valence-electron chi connectivity index (χ4n) is 1.78. The maximum atomic E-state index is 11.1. The van der Waals surface area contributed by atoms with Crippen LogP contribution in [-0.2, 0) is 0 Å². The molecule has 0 radical (unpaired) electrons. The zero-order chi connectivity index (χ0) is 13.3. The van der Waals surface area contributed by atoms with E-state index in [1.165, 1.54) is 6.20 Å². The maximum absolute atomic E-state index is 11.1. The fraction of sp³-hybridized carbons (Fsp3) is 0.308. The highest BCUT2D eigenvalue weighted by Gasteiger charge is 2.21. The molecule has 5 nitrogen and oxygen atoms in total. The van der Waals surface area contributed by atoms with Gasteiger partial charge in [0.15, 0.2) is 0 Å². The Bertz CT molecular complexity index is 603. The molecule has 0 saturated heterocycles. The summed E-state index contributed by atoms with van der Waals surface area (Å²) in [6.45, 7) is 5.89. The van der Waals surface area contributed by atoms with Crippen molar-refractivity contribution in [2.45, 2.75) is 26.3 Å². The smallest absolute Gasteiger partial charge is 0.311 e. The lowest BCUT2D eigenvalue weighted by Gasteiger charge is -2.22. The molecule has 0 amide bonds. The largest absolute Gasteiger partial charge is 0.374 e. The molecule has 0 saturated carbocycles. The van der Waals surface area contributed by atoms with Gasteiger partial charge in [0, 0.05) is 10.9 Å². The summed E-state index contributed by atoms with van der Waals surface area (Å²) in [5.41, 5.74) is 1.02. The second-order valence-corrected chi connectivity index (χ2v) is 5.17. The van der Waals surface area contributed by atoms with E-state index >= 15 is 0 Å². The van der Waals surface area contributed by atoms with E-state index in [4.69, 9.17) is 0 Å². The SMILES string of the molecule is CC(C)(C)Nc1c([N+](=O)[O-])cnc2ccccc12. The number of pyridine rings is 1. The maximum Gasteiger partial charge on any atom is 0.311 e. The van der Waals surface area contributed by atoms with Crippen LogP contribution >= 0.6 is 0 Å². The van der Waals surface area contributed by atoms with Gasteiger partial charge in [0.25, 0.3) is 0 Å². The van der Waals surface area contributed by atoms with Gasteiger partial charge < -0.3 is 5.32 Å². The lowest BCUT2D eigenvalue weighted by Crippen LogP contribution is -2.26. The molecule has 1 N–H and O–H groups in total. The molecule has 0 bridgehead atoms. The summed E-state index contributed by atoms with van der Waals surface area (Å²) < 4.78 is 0. The highest BCUT2D eigenvalue weighted by molar-refractivity contribution is 5.95. The Kier molecular flexibility index (Phi) is 2.90. The first kappa shape index (κ1) is 12.3. The van der Waals surface area contributed by atoms with Crippen LogP contribution in [0.5, 0.6) is 0 Å². The van der Waals surface area contributed by atoms with Gasteiger partial charge in [-0.3, -0.25) is 10.1 Å². The quantitative estimate of drug-likeness (QED) is 0.650. The number of nitro groups is 1. The minimum absolute atomic E-state index is 0.00336. The molecule has 1 aromatic carbocycles. The average molecular weight is 245 g/mol. The molecule has 1 aromatic heterocycles. The Hall–Kier alpha value is -2.17. The van der Waals surface area contributed by atoms with Crippen LogP contribution in [-0.4, -0.2) is 15.4 Å². The molecule has 5 heteroatoms. The number of anilines is 1. The Morgan fingerprint density at radius 2 is 1.94 bits per heavy atom. The Labute approximate surface area is 105 Å². The second-order valence-electron chi connectivity index (χ2n) is 5.17. The number of rotatable bonds is 2. The number of nitrogens with one attached hydrogen (secondary N) is 1. The molecule has 0 aliphatic carbocycles. The van der Waals surface area contributed by atoms with E-state index in [2.05, 4.69) is 10.3 Å². The molecule has 0 spiro atoms. The van der Waals surface area contributed by atoms with E-state index < -0.39 is 4.92 Å². The summed E-state index contributed by atoms with van der Waals surface area (Å²) in [5, 5.41) is 15.0. The Morgan fingerprint density at radius 3 is 2.56 bits per heavy atom. The third-order valence-electron chi connectivity index (χ3n) is 2.45. The number of nitrogens with zero attached hydrogens (tertiary/aromatic N) is 2. The molecule has 0 aliphatic heterocycles. The van der Waals surface area contributed by atoms with Crippen molar-refractivity contribution in [2.24, 2.45) is 0 Å². The molecule has 2 aromatic rings. The normalized spacial score (nSPS) is 11.5. The van der Waals surface area contributed by atoms with Gasteiger partial charge in [0.05, 0.1) is 10.4 Å². The van der Waals surface area contributed by atoms with Crippen LogP contribution in [0, 0.1) is 10.1 Å². The van der Waals surface area contributed by atoms with Crippen LogP contribution in [0.3, 0.4) is 0 Å². The molecule has 0 fully saturated rings. The van der Waals surface area contributed by atoms with Crippen LogP contribution in [0.2, 0.25) is 0 Å². The van der Waals surface area contributed by atoms with Gasteiger partial charge in [-0.15, -0.1) is 0 Å². The van der Waals surface area contributed by atoms with E-state index in [1.54, 1.807) is 0 Å². The Balaban J connectivity index is 2.70. The summed E-state index contributed by atoms with van der Waals surface area (Å²) in [6.07, 6.45) is 1.30. The van der Waals surface area contributed by atoms with Gasteiger partial charge in [0.1, 0.15) is 11.9 Å². The molecule has 0 aliphatic rings. The Morgan fingerprint density at radius 1 is 1.28 bits per heavy atom. The first-order valence-corrected chi connectivity index (χ1v) is 5.69. The van der Waals surface area contributed by atoms with Crippen LogP contribution in [0.25, 0.3) is 10.9 Å². The van der Waals surface area contributed by atoms with Gasteiger partial charge in [-0.25, -0.2) is 4.98 Å². The number of para-hydroxylation sites is 1. The van der Waals surface area contributed by atoms with Crippen LogP contribution < -0.4 is 5.32 Å². The van der Waals surface area contributed by atoms with Crippen molar-refractivity contribution in [3.05, 3.63) is 40.6 Å². The van der Waals surface area contributed by atoms with Crippen molar-refractivity contribution in [2.75, 3.05) is 5.32 Å². The molecular formula is C13H15N3O2. The van der Waals surface area contributed by atoms with Gasteiger partial charge >= 0.3 is 5.69 Å². The van der Waals surface area contributed by atoms with Crippen LogP contribution in [0.15, 0.2) is 30.5 Å². The first-order chi connectivity index (χ1) is 8.38. The van der Waals surface area contributed by atoms with E-state index in [-0.39, 0.29) is 11.2 Å². The summed E-state index contributed by atoms with van der Waals surface area (Å²) in [4.78, 5) is 14.8. The third kappa shape index (κ3) is 2.40. The molecule has 0 atom stereocenters. The van der Waals surface area contributed by atoms with Crippen LogP contribution in [0.4, 0.5) is 11.4 Å². The lowest BCUT2D eigenvalue weighted by molar-refractivity contribution is -0.384. The monoisotopic (exact) mass is 245 g/mol. The molecule has 2 rings (SSSR count). The molecular weight excluding hydrogens is 230 g/mol. The van der Waals surface area contributed by atoms with Gasteiger partial charge in [-0.1, -0.05) is 18.2 Å². The summed E-state index contributed by atoms with van der Waals surface area (Å²) in [5.74, 6) is 0. The number of aromatic nitrogens is 1. The van der Waals surface area contributed by atoms with Crippen molar-refractivity contribution < 1.29 is 4.92 Å². The van der Waals surface area contributed by atoms with E-state index in [1.807, 2.05) is 45.0 Å². The van der Waals surface area contributed by atoms with E-state index in [9.17, 15) is 10.1 Å². The van der Waals surface area contributed by atoms with Crippen molar-refractivity contribution in [3.8, 4) is 0 Å². The van der Waals surface area contributed by atoms with Crippen molar-refractivity contribution in [3.63, 3.8) is 0 Å². The highest BCUT2D eigenvalue weighted by atomic mass is 16.6. The average Bonchev–Trinajstić information content (AvgIpc) is 2.27. The van der Waals surface area contributed by atoms with Gasteiger partial charge in [-0.05, 0) is 26.8 Å². The number of fused-ring (bicyclic) bond motifs is 1. The second kappa shape index (κ2) is 4.25. The predicted molar refractivity (Wildman–Crippen MR) is 71.8 cm³/mol. The predicted octanol–water partition coefficient (Wildman–Crippen LogP) is 3.35. The third-order valence-corrected chi connectivity index (χ3v) is 2.45. The van der Waals surface area contributed by atoms with E-state index in [0.29, 0.717) is 5.69 Å². The van der Waals surface area contributed by atoms with Crippen molar-refractivity contribution in [1.29, 1.82) is 0 Å².